The quantitative estimate of drug-likeness (QED) is 0.399. The highest BCUT2D eigenvalue weighted by Crippen LogP contribution is 2.09. The fourth-order valence-corrected chi connectivity index (χ4v) is 1.38. The minimum atomic E-state index is -4.67. The van der Waals surface area contributed by atoms with Crippen molar-refractivity contribution in [1.82, 2.24) is 0 Å². The average Bonchev–Trinajstić information content (AvgIpc) is 2.20. The van der Waals surface area contributed by atoms with Crippen LogP contribution in [0.5, 0.6) is 0 Å². The molecule has 2 unspecified atom stereocenters. The third-order valence-corrected chi connectivity index (χ3v) is 2.41. The predicted molar refractivity (Wildman–Crippen MR) is 69.9 cm³/mol. The van der Waals surface area contributed by atoms with Crippen LogP contribution in [-0.2, 0) is 10.4 Å². The molecule has 0 rings (SSSR count). The average molecular weight is 286 g/mol. The Morgan fingerprint density at radius 3 is 1.72 bits per heavy atom. The van der Waals surface area contributed by atoms with Gasteiger partial charge in [0.2, 0.25) is 0 Å². The molecule has 0 fully saturated rings. The van der Waals surface area contributed by atoms with E-state index in [0.29, 0.717) is 0 Å². The lowest BCUT2D eigenvalue weighted by molar-refractivity contribution is 0.0247. The molecular formula is C11H26O6S. The van der Waals surface area contributed by atoms with E-state index in [4.69, 9.17) is 22.6 Å². The Balaban J connectivity index is 0. The van der Waals surface area contributed by atoms with Crippen molar-refractivity contribution in [3.05, 3.63) is 0 Å². The number of hydrogen-bond donors (Lipinski definition) is 4. The van der Waals surface area contributed by atoms with Gasteiger partial charge in [-0.3, -0.25) is 9.11 Å². The van der Waals surface area contributed by atoms with Gasteiger partial charge in [-0.05, 0) is 13.3 Å². The van der Waals surface area contributed by atoms with E-state index in [2.05, 4.69) is 6.92 Å². The van der Waals surface area contributed by atoms with Gasteiger partial charge < -0.3 is 10.2 Å². The van der Waals surface area contributed by atoms with Crippen molar-refractivity contribution in [2.24, 2.45) is 0 Å². The molecule has 0 spiro atoms. The van der Waals surface area contributed by atoms with Crippen LogP contribution >= 0.6 is 0 Å². The van der Waals surface area contributed by atoms with E-state index in [1.165, 1.54) is 32.1 Å². The second-order valence-corrected chi connectivity index (χ2v) is 5.21. The van der Waals surface area contributed by atoms with E-state index in [9.17, 15) is 5.11 Å². The lowest BCUT2D eigenvalue weighted by Crippen LogP contribution is -2.21. The lowest BCUT2D eigenvalue weighted by Gasteiger charge is -2.12. The van der Waals surface area contributed by atoms with E-state index in [1.807, 2.05) is 0 Å². The summed E-state index contributed by atoms with van der Waals surface area (Å²) >= 11 is 0. The second kappa shape index (κ2) is 11.9. The first kappa shape index (κ1) is 20.1. The van der Waals surface area contributed by atoms with E-state index >= 15 is 0 Å². The van der Waals surface area contributed by atoms with Crippen LogP contribution in [0.1, 0.15) is 58.8 Å². The van der Waals surface area contributed by atoms with Gasteiger partial charge >= 0.3 is 10.4 Å². The standard InChI is InChI=1S/C11H24O2.H2O4S/c1-3-4-5-6-7-8-9-11(13)10(2)12;1-5(2,3)4/h10-13H,3-9H2,1-2H3;(H2,1,2,3,4). The summed E-state index contributed by atoms with van der Waals surface area (Å²) < 4.78 is 31.6. The van der Waals surface area contributed by atoms with Crippen LogP contribution in [0.3, 0.4) is 0 Å². The molecule has 0 amide bonds. The van der Waals surface area contributed by atoms with Crippen LogP contribution in [0.4, 0.5) is 0 Å². The Hall–Kier alpha value is -0.210. The summed E-state index contributed by atoms with van der Waals surface area (Å²) in [4.78, 5) is 0. The first-order chi connectivity index (χ1) is 8.18. The molecule has 0 radical (unpaired) electrons. The number of unbranched alkanes of at least 4 members (excludes halogenated alkanes) is 5. The summed E-state index contributed by atoms with van der Waals surface area (Å²) in [5, 5.41) is 18.3. The minimum Gasteiger partial charge on any atom is -0.391 e. The second-order valence-electron chi connectivity index (χ2n) is 4.31. The third-order valence-electron chi connectivity index (χ3n) is 2.41. The molecule has 0 bridgehead atoms. The zero-order valence-corrected chi connectivity index (χ0v) is 11.9. The zero-order chi connectivity index (χ0) is 14.6. The van der Waals surface area contributed by atoms with Gasteiger partial charge in [0.1, 0.15) is 0 Å². The van der Waals surface area contributed by atoms with Gasteiger partial charge in [0, 0.05) is 0 Å². The third kappa shape index (κ3) is 24.8. The molecule has 0 heterocycles. The van der Waals surface area contributed by atoms with Crippen LogP contribution in [0, 0.1) is 0 Å². The highest BCUT2D eigenvalue weighted by atomic mass is 32.3. The Labute approximate surface area is 110 Å². The van der Waals surface area contributed by atoms with Crippen molar-refractivity contribution in [2.75, 3.05) is 0 Å². The maximum absolute atomic E-state index is 9.28. The molecule has 0 aromatic rings. The van der Waals surface area contributed by atoms with Gasteiger partial charge in [0.05, 0.1) is 12.2 Å². The maximum atomic E-state index is 9.28. The number of aliphatic hydroxyl groups is 2. The first-order valence-electron chi connectivity index (χ1n) is 6.24. The fraction of sp³-hybridized carbons (Fsp3) is 1.00. The first-order valence-corrected chi connectivity index (χ1v) is 7.64. The van der Waals surface area contributed by atoms with Crippen LogP contribution in [0.2, 0.25) is 0 Å². The van der Waals surface area contributed by atoms with Gasteiger partial charge in [-0.2, -0.15) is 8.42 Å². The van der Waals surface area contributed by atoms with E-state index < -0.39 is 22.6 Å². The topological polar surface area (TPSA) is 115 Å². The monoisotopic (exact) mass is 286 g/mol. The summed E-state index contributed by atoms with van der Waals surface area (Å²) in [5.74, 6) is 0. The van der Waals surface area contributed by atoms with Crippen molar-refractivity contribution in [2.45, 2.75) is 71.0 Å². The summed E-state index contributed by atoms with van der Waals surface area (Å²) in [5.41, 5.74) is 0. The SMILES string of the molecule is CCCCCCCCC(O)C(C)O.O=S(=O)(O)O. The van der Waals surface area contributed by atoms with Crippen molar-refractivity contribution in [1.29, 1.82) is 0 Å². The minimum absolute atomic E-state index is 0.522. The van der Waals surface area contributed by atoms with Crippen molar-refractivity contribution in [3.63, 3.8) is 0 Å². The van der Waals surface area contributed by atoms with Gasteiger partial charge in [-0.25, -0.2) is 0 Å². The van der Waals surface area contributed by atoms with Crippen LogP contribution in [0.15, 0.2) is 0 Å². The number of aliphatic hydroxyl groups excluding tert-OH is 2. The van der Waals surface area contributed by atoms with Crippen LogP contribution in [-0.4, -0.2) is 39.9 Å². The Kier molecular flexibility index (Phi) is 13.2. The molecule has 0 saturated carbocycles. The summed E-state index contributed by atoms with van der Waals surface area (Å²) in [7, 11) is -4.67. The van der Waals surface area contributed by atoms with Gasteiger partial charge in [0.25, 0.3) is 0 Å². The molecule has 0 aromatic heterocycles. The van der Waals surface area contributed by atoms with Crippen molar-refractivity contribution >= 4 is 10.4 Å². The fourth-order valence-electron chi connectivity index (χ4n) is 1.38. The number of hydrogen-bond acceptors (Lipinski definition) is 4. The van der Waals surface area contributed by atoms with Crippen molar-refractivity contribution in [3.8, 4) is 0 Å². The van der Waals surface area contributed by atoms with Gasteiger partial charge in [0.15, 0.2) is 0 Å². The molecule has 0 aliphatic heterocycles. The molecule has 0 saturated heterocycles. The van der Waals surface area contributed by atoms with Crippen LogP contribution in [0.25, 0.3) is 0 Å². The van der Waals surface area contributed by atoms with E-state index in [1.54, 1.807) is 6.92 Å². The summed E-state index contributed by atoms with van der Waals surface area (Å²) in [6.45, 7) is 3.85. The largest absolute Gasteiger partial charge is 0.394 e. The highest BCUT2D eigenvalue weighted by molar-refractivity contribution is 7.79. The highest BCUT2D eigenvalue weighted by Gasteiger charge is 2.09. The molecule has 18 heavy (non-hydrogen) atoms. The van der Waals surface area contributed by atoms with Gasteiger partial charge in [-0.15, -0.1) is 0 Å². The maximum Gasteiger partial charge on any atom is 0.394 e. The summed E-state index contributed by atoms with van der Waals surface area (Å²) in [6, 6.07) is 0. The molecule has 2 atom stereocenters. The molecule has 0 aliphatic carbocycles. The molecule has 4 N–H and O–H groups in total. The predicted octanol–water partition coefficient (Wildman–Crippen LogP) is 1.83. The van der Waals surface area contributed by atoms with Gasteiger partial charge in [-0.1, -0.05) is 45.4 Å². The Morgan fingerprint density at radius 2 is 1.33 bits per heavy atom. The smallest absolute Gasteiger partial charge is 0.391 e. The Morgan fingerprint density at radius 1 is 0.944 bits per heavy atom. The Bertz CT molecular complexity index is 255. The van der Waals surface area contributed by atoms with E-state index in [0.717, 1.165) is 12.8 Å². The zero-order valence-electron chi connectivity index (χ0n) is 11.1. The summed E-state index contributed by atoms with van der Waals surface area (Å²) in [6.07, 6.45) is 7.03. The van der Waals surface area contributed by atoms with E-state index in [-0.39, 0.29) is 0 Å². The molecule has 0 aromatic carbocycles. The number of rotatable bonds is 8. The molecule has 6 nitrogen and oxygen atoms in total. The van der Waals surface area contributed by atoms with Crippen LogP contribution < -0.4 is 0 Å². The van der Waals surface area contributed by atoms with Crippen molar-refractivity contribution < 1.29 is 27.7 Å². The molecule has 7 heteroatoms. The molecule has 0 aliphatic rings. The normalized spacial score (nSPS) is 14.6. The lowest BCUT2D eigenvalue weighted by atomic mass is 10.0. The molecule has 112 valence electrons. The molecular weight excluding hydrogens is 260 g/mol.